The van der Waals surface area contributed by atoms with Crippen molar-refractivity contribution in [2.45, 2.75) is 96.9 Å². The third-order valence-corrected chi connectivity index (χ3v) is 7.91. The lowest BCUT2D eigenvalue weighted by Gasteiger charge is -2.10. The Hall–Kier alpha value is -2.47. The lowest BCUT2D eigenvalue weighted by atomic mass is 9.97. The smallest absolute Gasteiger partial charge is 0.203 e. The summed E-state index contributed by atoms with van der Waals surface area (Å²) in [5, 5.41) is 0. The van der Waals surface area contributed by atoms with Crippen LogP contribution >= 0.6 is 0 Å². The molecule has 39 heavy (non-hydrogen) atoms. The van der Waals surface area contributed by atoms with E-state index in [0.717, 1.165) is 24.0 Å². The predicted octanol–water partition coefficient (Wildman–Crippen LogP) is 11.1. The highest BCUT2D eigenvalue weighted by atomic mass is 28.3. The Bertz CT molecular complexity index is 1100. The molecule has 0 heterocycles. The molecule has 0 saturated heterocycles. The molecule has 0 bridgehead atoms. The van der Waals surface area contributed by atoms with Crippen molar-refractivity contribution >= 4 is 8.80 Å². The second kappa shape index (κ2) is 16.6. The highest BCUT2D eigenvalue weighted by Gasteiger charge is 2.24. The predicted molar refractivity (Wildman–Crippen MR) is 158 cm³/mol. The van der Waals surface area contributed by atoms with E-state index in [-0.39, 0.29) is 6.42 Å². The van der Waals surface area contributed by atoms with E-state index in [1.807, 2.05) is 24.3 Å². The van der Waals surface area contributed by atoms with Crippen LogP contribution in [0.15, 0.2) is 60.7 Å². The highest BCUT2D eigenvalue weighted by molar-refractivity contribution is 6.55. The number of aryl methyl sites for hydroxylation is 1. The Morgan fingerprint density at radius 1 is 0.615 bits per heavy atom. The summed E-state index contributed by atoms with van der Waals surface area (Å²) in [6, 6.07) is 21.1. The van der Waals surface area contributed by atoms with Crippen molar-refractivity contribution in [3.05, 3.63) is 83.4 Å². The summed E-state index contributed by atoms with van der Waals surface area (Å²) >= 11 is 0. The monoisotopic (exact) mass is 562 g/mol. The largest absolute Gasteiger partial charge is 0.389 e. The number of hydrogen-bond donors (Lipinski definition) is 0. The molecule has 0 radical (unpaired) electrons. The van der Waals surface area contributed by atoms with E-state index in [4.69, 9.17) is 0 Å². The minimum absolute atomic E-state index is 0.184. The van der Waals surface area contributed by atoms with Crippen LogP contribution in [0.1, 0.15) is 76.3 Å². The summed E-state index contributed by atoms with van der Waals surface area (Å²) in [7, 11) is -0.621. The fraction of sp³-hybridized carbons (Fsp3) is 0.455. The molecule has 0 fully saturated rings. The Balaban J connectivity index is 0.000000673. The van der Waals surface area contributed by atoms with Gasteiger partial charge >= 0.3 is 6.18 Å². The van der Waals surface area contributed by atoms with Gasteiger partial charge in [0, 0.05) is 20.8 Å². The third-order valence-electron chi connectivity index (χ3n) is 6.62. The zero-order valence-corrected chi connectivity index (χ0v) is 25.0. The summed E-state index contributed by atoms with van der Waals surface area (Å²) in [6.07, 6.45) is 3.03. The van der Waals surface area contributed by atoms with Crippen molar-refractivity contribution in [1.29, 1.82) is 0 Å². The maximum Gasteiger partial charge on any atom is 0.389 e. The van der Waals surface area contributed by atoms with Gasteiger partial charge in [0.15, 0.2) is 11.6 Å². The standard InChI is InChI=1S/C29H36F2Si.C4H7F3/c1-4-5-6-7-8-9-10-26-19-20-27(29(31)28(26)30)25-17-15-24(16-18-25)23-13-11-22(12-14-23)21-32(2)3;1-2-3-4(5,6)7/h11-20,32H,4-10,21H2,1-3H3;2-3H2,1H3. The number of rotatable bonds is 12. The van der Waals surface area contributed by atoms with Gasteiger partial charge in [-0.05, 0) is 47.6 Å². The van der Waals surface area contributed by atoms with Gasteiger partial charge in [0.05, 0.1) is 0 Å². The van der Waals surface area contributed by atoms with Gasteiger partial charge in [0.1, 0.15) is 0 Å². The normalized spacial score (nSPS) is 11.4. The molecule has 0 nitrogen and oxygen atoms in total. The van der Waals surface area contributed by atoms with E-state index >= 15 is 0 Å². The average Bonchev–Trinajstić information content (AvgIpc) is 2.88. The van der Waals surface area contributed by atoms with E-state index in [9.17, 15) is 22.0 Å². The Kier molecular flexibility index (Phi) is 13.9. The van der Waals surface area contributed by atoms with Crippen LogP contribution in [0.25, 0.3) is 22.3 Å². The molecule has 0 saturated carbocycles. The summed E-state index contributed by atoms with van der Waals surface area (Å²) in [4.78, 5) is 0. The molecule has 0 unspecified atom stereocenters. The first-order valence-corrected chi connectivity index (χ1v) is 17.4. The molecule has 6 heteroatoms. The fourth-order valence-electron chi connectivity index (χ4n) is 4.53. The first-order valence-electron chi connectivity index (χ1n) is 14.3. The van der Waals surface area contributed by atoms with Gasteiger partial charge < -0.3 is 0 Å². The molecule has 0 aliphatic rings. The number of benzene rings is 3. The zero-order chi connectivity index (χ0) is 28.8. The summed E-state index contributed by atoms with van der Waals surface area (Å²) in [6.45, 7) is 8.42. The van der Waals surface area contributed by atoms with Crippen LogP contribution < -0.4 is 0 Å². The van der Waals surface area contributed by atoms with Gasteiger partial charge in [-0.25, -0.2) is 8.78 Å². The van der Waals surface area contributed by atoms with Crippen LogP contribution in [0.5, 0.6) is 0 Å². The van der Waals surface area contributed by atoms with Gasteiger partial charge in [-0.3, -0.25) is 0 Å². The van der Waals surface area contributed by atoms with Crippen LogP contribution in [-0.2, 0) is 12.5 Å². The molecule has 0 aliphatic heterocycles. The Labute approximate surface area is 233 Å². The topological polar surface area (TPSA) is 0 Å². The van der Waals surface area contributed by atoms with Crippen LogP contribution in [0.3, 0.4) is 0 Å². The Morgan fingerprint density at radius 2 is 1.15 bits per heavy atom. The lowest BCUT2D eigenvalue weighted by molar-refractivity contribution is -0.134. The van der Waals surface area contributed by atoms with Crippen molar-refractivity contribution in [2.75, 3.05) is 0 Å². The summed E-state index contributed by atoms with van der Waals surface area (Å²) < 4.78 is 62.7. The van der Waals surface area contributed by atoms with Crippen molar-refractivity contribution in [1.82, 2.24) is 0 Å². The van der Waals surface area contributed by atoms with Crippen molar-refractivity contribution in [3.8, 4) is 22.3 Å². The molecule has 214 valence electrons. The van der Waals surface area contributed by atoms with E-state index < -0.39 is 33.0 Å². The quantitative estimate of drug-likeness (QED) is 0.117. The van der Waals surface area contributed by atoms with E-state index in [0.29, 0.717) is 23.1 Å². The fourth-order valence-corrected chi connectivity index (χ4v) is 5.75. The molecule has 0 N–H and O–H groups in total. The number of alkyl halides is 3. The van der Waals surface area contributed by atoms with Crippen molar-refractivity contribution in [2.24, 2.45) is 0 Å². The Morgan fingerprint density at radius 3 is 1.67 bits per heavy atom. The molecule has 0 amide bonds. The average molecular weight is 563 g/mol. The molecular weight excluding hydrogens is 519 g/mol. The van der Waals surface area contributed by atoms with Gasteiger partial charge in [0.2, 0.25) is 0 Å². The van der Waals surface area contributed by atoms with E-state index in [2.05, 4.69) is 44.3 Å². The lowest BCUT2D eigenvalue weighted by Crippen LogP contribution is -2.04. The summed E-state index contributed by atoms with van der Waals surface area (Å²) in [5.74, 6) is -1.42. The molecule has 0 aliphatic carbocycles. The molecule has 3 aromatic rings. The van der Waals surface area contributed by atoms with Crippen LogP contribution in [-0.4, -0.2) is 15.0 Å². The molecule has 0 atom stereocenters. The molecule has 3 rings (SSSR count). The van der Waals surface area contributed by atoms with Gasteiger partial charge in [0.25, 0.3) is 0 Å². The van der Waals surface area contributed by atoms with Gasteiger partial charge in [-0.2, -0.15) is 13.2 Å². The SMILES string of the molecule is CCCC(F)(F)F.CCCCCCCCc1ccc(-c2ccc(-c3ccc(C[SiH](C)C)cc3)cc2)c(F)c1F. The zero-order valence-electron chi connectivity index (χ0n) is 23.8. The maximum atomic E-state index is 14.8. The highest BCUT2D eigenvalue weighted by Crippen LogP contribution is 2.30. The third kappa shape index (κ3) is 11.7. The molecule has 0 aromatic heterocycles. The number of unbranched alkanes of at least 4 members (excludes halogenated alkanes) is 5. The van der Waals surface area contributed by atoms with Crippen LogP contribution in [0.4, 0.5) is 22.0 Å². The molecule has 3 aromatic carbocycles. The minimum atomic E-state index is -3.95. The van der Waals surface area contributed by atoms with E-state index in [1.165, 1.54) is 44.2 Å². The maximum absolute atomic E-state index is 14.8. The molecule has 0 spiro atoms. The van der Waals surface area contributed by atoms with Crippen molar-refractivity contribution < 1.29 is 22.0 Å². The van der Waals surface area contributed by atoms with Gasteiger partial charge in [-0.1, -0.05) is 125 Å². The first-order chi connectivity index (χ1) is 18.6. The van der Waals surface area contributed by atoms with Gasteiger partial charge in [-0.15, -0.1) is 0 Å². The summed E-state index contributed by atoms with van der Waals surface area (Å²) in [5.41, 5.74) is 5.15. The number of hydrogen-bond acceptors (Lipinski definition) is 0. The second-order valence-corrected chi connectivity index (χ2v) is 13.9. The second-order valence-electron chi connectivity index (χ2n) is 10.7. The van der Waals surface area contributed by atoms with Crippen LogP contribution in [0, 0.1) is 11.6 Å². The first kappa shape index (κ1) is 32.7. The minimum Gasteiger partial charge on any atom is -0.203 e. The van der Waals surface area contributed by atoms with Crippen molar-refractivity contribution in [3.63, 3.8) is 0 Å². The number of halogens is 5. The molecular formula is C33H43F5Si. The van der Waals surface area contributed by atoms with E-state index in [1.54, 1.807) is 12.1 Å². The van der Waals surface area contributed by atoms with Crippen LogP contribution in [0.2, 0.25) is 13.1 Å².